The maximum atomic E-state index is 13.3. The Kier molecular flexibility index (Phi) is 4.84. The van der Waals surface area contributed by atoms with E-state index in [0.29, 0.717) is 54.8 Å². The molecule has 4 aliphatic carbocycles. The molecule has 1 N–H and O–H groups in total. The lowest BCUT2D eigenvalue weighted by Crippen LogP contribution is -2.52. The topological polar surface area (TPSA) is 68.0 Å². The number of alkyl halides is 1. The van der Waals surface area contributed by atoms with Gasteiger partial charge in [0.25, 0.3) is 0 Å². The summed E-state index contributed by atoms with van der Waals surface area (Å²) in [6, 6.07) is 0. The lowest BCUT2D eigenvalue weighted by Gasteiger charge is -2.56. The van der Waals surface area contributed by atoms with Gasteiger partial charge in [-0.15, -0.1) is 0 Å². The molecule has 0 aromatic carbocycles. The number of fused-ring (bicyclic) bond motifs is 5. The van der Waals surface area contributed by atoms with Crippen LogP contribution in [-0.2, 0) is 11.3 Å². The van der Waals surface area contributed by atoms with E-state index in [-0.39, 0.29) is 11.3 Å². The van der Waals surface area contributed by atoms with Crippen LogP contribution in [0.15, 0.2) is 12.4 Å². The lowest BCUT2D eigenvalue weighted by atomic mass is 9.49. The summed E-state index contributed by atoms with van der Waals surface area (Å²) in [5, 5.41) is 18.7. The number of aromatic nitrogens is 3. The first-order valence-corrected chi connectivity index (χ1v) is 11.6. The molecular weight excluding hydrogens is 369 g/mol. The van der Waals surface area contributed by atoms with E-state index < -0.39 is 12.3 Å². The van der Waals surface area contributed by atoms with Crippen molar-refractivity contribution in [1.82, 2.24) is 15.0 Å². The summed E-state index contributed by atoms with van der Waals surface area (Å²) in [5.74, 6) is 3.59. The largest absolute Gasteiger partial charge is 0.387 e. The summed E-state index contributed by atoms with van der Waals surface area (Å²) in [6.45, 7) is 2.06. The summed E-state index contributed by atoms with van der Waals surface area (Å²) in [7, 11) is 0. The monoisotopic (exact) mass is 403 g/mol. The van der Waals surface area contributed by atoms with Crippen molar-refractivity contribution in [3.63, 3.8) is 0 Å². The molecule has 8 atom stereocenters. The van der Waals surface area contributed by atoms with Gasteiger partial charge in [-0.3, -0.25) is 4.79 Å². The highest BCUT2D eigenvalue weighted by molar-refractivity contribution is 5.81. The molecular formula is C23H34FN3O2. The Labute approximate surface area is 172 Å². The van der Waals surface area contributed by atoms with Crippen LogP contribution in [0.25, 0.3) is 0 Å². The van der Waals surface area contributed by atoms with E-state index in [1.54, 1.807) is 12.4 Å². The first-order valence-electron chi connectivity index (χ1n) is 11.6. The lowest BCUT2D eigenvalue weighted by molar-refractivity contribution is -0.134. The third-order valence-corrected chi connectivity index (χ3v) is 9.51. The highest BCUT2D eigenvalue weighted by atomic mass is 19.1. The Morgan fingerprint density at radius 3 is 2.59 bits per heavy atom. The number of hydrogen-bond donors (Lipinski definition) is 1. The van der Waals surface area contributed by atoms with Crippen LogP contribution in [0.3, 0.4) is 0 Å². The number of carbonyl (C=O) groups excluding carboxylic acids is 1. The molecule has 5 rings (SSSR count). The Balaban J connectivity index is 1.31. The number of rotatable bonds is 4. The molecule has 5 nitrogen and oxygen atoms in total. The number of hydrogen-bond acceptors (Lipinski definition) is 4. The number of Topliss-reactive ketones (excluding diaryl/α,β-unsaturated/α-hetero) is 1. The van der Waals surface area contributed by atoms with E-state index in [0.717, 1.165) is 32.1 Å². The molecule has 160 valence electrons. The third kappa shape index (κ3) is 3.17. The summed E-state index contributed by atoms with van der Waals surface area (Å²) in [6.07, 6.45) is 12.3. The number of ketones is 1. The minimum absolute atomic E-state index is 0.104. The van der Waals surface area contributed by atoms with Crippen molar-refractivity contribution in [3.8, 4) is 0 Å². The predicted octanol–water partition coefficient (Wildman–Crippen LogP) is 3.82. The molecule has 3 unspecified atom stereocenters. The van der Waals surface area contributed by atoms with Crippen LogP contribution in [0.5, 0.6) is 0 Å². The van der Waals surface area contributed by atoms with E-state index in [4.69, 9.17) is 0 Å². The fourth-order valence-corrected chi connectivity index (χ4v) is 8.19. The summed E-state index contributed by atoms with van der Waals surface area (Å²) < 4.78 is 13.3. The summed E-state index contributed by atoms with van der Waals surface area (Å²) in [5.41, 5.74) is -0.963. The molecule has 0 spiro atoms. The molecule has 0 bridgehead atoms. The second-order valence-corrected chi connectivity index (χ2v) is 10.7. The van der Waals surface area contributed by atoms with Gasteiger partial charge in [-0.2, -0.15) is 15.0 Å². The van der Waals surface area contributed by atoms with E-state index in [9.17, 15) is 14.3 Å². The highest BCUT2D eigenvalue weighted by Gasteiger charge is 2.59. The Bertz CT molecular complexity index is 755. The summed E-state index contributed by atoms with van der Waals surface area (Å²) >= 11 is 0. The van der Waals surface area contributed by atoms with Crippen molar-refractivity contribution in [2.75, 3.05) is 6.67 Å². The van der Waals surface area contributed by atoms with Crippen LogP contribution >= 0.6 is 0 Å². The maximum Gasteiger partial charge on any atom is 0.159 e. The summed E-state index contributed by atoms with van der Waals surface area (Å²) in [4.78, 5) is 14.6. The zero-order valence-electron chi connectivity index (χ0n) is 17.5. The molecule has 0 radical (unpaired) electrons. The minimum atomic E-state index is -1.07. The quantitative estimate of drug-likeness (QED) is 0.830. The van der Waals surface area contributed by atoms with Gasteiger partial charge in [-0.1, -0.05) is 6.92 Å². The maximum absolute atomic E-state index is 13.3. The fraction of sp³-hybridized carbons (Fsp3) is 0.870. The molecule has 4 fully saturated rings. The van der Waals surface area contributed by atoms with E-state index in [2.05, 4.69) is 17.1 Å². The van der Waals surface area contributed by atoms with Crippen molar-refractivity contribution in [2.45, 2.75) is 76.9 Å². The standard InChI is InChI=1S/C23H34FN3O2/c1-22-8-6-17-16-7-9-23(29,14-24)12-15(16)2-3-18(17)19(22)4-5-20(22)21(28)13-27-25-10-11-26-27/h10-11,15-20,29H,2-9,12-14H2,1H3/t15-,16+,17?,18?,19?,20-,22+,23-/m1/s1. The smallest absolute Gasteiger partial charge is 0.159 e. The molecule has 1 aromatic heterocycles. The molecule has 0 saturated heterocycles. The Hall–Kier alpha value is -1.30. The molecule has 6 heteroatoms. The van der Waals surface area contributed by atoms with Crippen molar-refractivity contribution in [1.29, 1.82) is 0 Å². The number of carbonyl (C=O) groups is 1. The average Bonchev–Trinajstić information content (AvgIpc) is 3.34. The highest BCUT2D eigenvalue weighted by Crippen LogP contribution is 2.64. The number of halogens is 1. The van der Waals surface area contributed by atoms with Crippen LogP contribution < -0.4 is 0 Å². The Morgan fingerprint density at radius 2 is 1.83 bits per heavy atom. The Morgan fingerprint density at radius 1 is 1.07 bits per heavy atom. The van der Waals surface area contributed by atoms with Gasteiger partial charge in [-0.05, 0) is 92.8 Å². The predicted molar refractivity (Wildman–Crippen MR) is 107 cm³/mol. The number of nitrogens with zero attached hydrogens (tertiary/aromatic N) is 3. The van der Waals surface area contributed by atoms with Crippen molar-refractivity contribution >= 4 is 5.78 Å². The molecule has 0 amide bonds. The molecule has 29 heavy (non-hydrogen) atoms. The van der Waals surface area contributed by atoms with Crippen LogP contribution in [0.1, 0.15) is 64.7 Å². The zero-order chi connectivity index (χ0) is 20.2. The van der Waals surface area contributed by atoms with E-state index in [1.807, 2.05) is 0 Å². The SMILES string of the molecule is C[C@]12CCC3C(CC[C@@H]4C[C@@](O)(CF)CC[C@H]34)C1CC[C@@H]2C(=O)Cn1nccn1. The van der Waals surface area contributed by atoms with Crippen LogP contribution in [0, 0.1) is 40.9 Å². The van der Waals surface area contributed by atoms with Crippen molar-refractivity contribution in [2.24, 2.45) is 40.9 Å². The molecule has 1 heterocycles. The van der Waals surface area contributed by atoms with Gasteiger partial charge in [0.15, 0.2) is 5.78 Å². The first kappa shape index (κ1) is 19.7. The second kappa shape index (κ2) is 7.14. The van der Waals surface area contributed by atoms with Gasteiger partial charge in [0.1, 0.15) is 13.2 Å². The first-order chi connectivity index (χ1) is 13.9. The van der Waals surface area contributed by atoms with Gasteiger partial charge in [0.05, 0.1) is 18.0 Å². The van der Waals surface area contributed by atoms with E-state index >= 15 is 0 Å². The van der Waals surface area contributed by atoms with Gasteiger partial charge >= 0.3 is 0 Å². The molecule has 4 saturated carbocycles. The number of aliphatic hydroxyl groups is 1. The molecule has 0 aliphatic heterocycles. The van der Waals surface area contributed by atoms with Gasteiger partial charge in [0, 0.05) is 5.92 Å². The van der Waals surface area contributed by atoms with Gasteiger partial charge in [-0.25, -0.2) is 4.39 Å². The minimum Gasteiger partial charge on any atom is -0.387 e. The second-order valence-electron chi connectivity index (χ2n) is 10.7. The van der Waals surface area contributed by atoms with Crippen LogP contribution in [0.4, 0.5) is 4.39 Å². The fourth-order valence-electron chi connectivity index (χ4n) is 8.19. The van der Waals surface area contributed by atoms with Crippen molar-refractivity contribution in [3.05, 3.63) is 12.4 Å². The van der Waals surface area contributed by atoms with Gasteiger partial charge in [0.2, 0.25) is 0 Å². The molecule has 4 aliphatic rings. The van der Waals surface area contributed by atoms with Gasteiger partial charge < -0.3 is 5.11 Å². The average molecular weight is 404 g/mol. The van der Waals surface area contributed by atoms with Crippen LogP contribution in [0.2, 0.25) is 0 Å². The van der Waals surface area contributed by atoms with Crippen molar-refractivity contribution < 1.29 is 14.3 Å². The van der Waals surface area contributed by atoms with Crippen LogP contribution in [-0.4, -0.2) is 38.2 Å². The molecule has 1 aromatic rings. The normalized spacial score (nSPS) is 46.6. The zero-order valence-corrected chi connectivity index (χ0v) is 17.5. The van der Waals surface area contributed by atoms with E-state index in [1.165, 1.54) is 17.6 Å². The third-order valence-electron chi connectivity index (χ3n) is 9.51.